The van der Waals surface area contributed by atoms with Crippen molar-refractivity contribution in [2.24, 2.45) is 5.73 Å². The molecule has 4 N–H and O–H groups in total. The van der Waals surface area contributed by atoms with E-state index in [0.717, 1.165) is 6.07 Å². The van der Waals surface area contributed by atoms with Gasteiger partial charge in [0, 0.05) is 17.7 Å². The van der Waals surface area contributed by atoms with E-state index in [-0.39, 0.29) is 4.47 Å². The zero-order valence-electron chi connectivity index (χ0n) is 9.06. The first kappa shape index (κ1) is 15.7. The Balaban J connectivity index is 3.30. The van der Waals surface area contributed by atoms with Crippen LogP contribution in [0.2, 0.25) is 0 Å². The van der Waals surface area contributed by atoms with Crippen LogP contribution in [0.15, 0.2) is 16.6 Å². The van der Waals surface area contributed by atoms with Gasteiger partial charge in [0.1, 0.15) is 5.75 Å². The maximum absolute atomic E-state index is 12.3. The molecule has 1 aromatic carbocycles. The lowest BCUT2D eigenvalue weighted by molar-refractivity contribution is -0.385. The number of nitro groups is 1. The first-order valence-corrected chi connectivity index (χ1v) is 5.52. The molecule has 0 bridgehead atoms. The third-order valence-corrected chi connectivity index (χ3v) is 2.93. The number of non-ortho nitro benzene ring substituents is 1. The molecule has 0 unspecified atom stereocenters. The van der Waals surface area contributed by atoms with Crippen molar-refractivity contribution in [2.75, 3.05) is 0 Å². The number of hydrogen-bond donors (Lipinski definition) is 3. The zero-order valence-corrected chi connectivity index (χ0v) is 10.6. The Hall–Kier alpha value is -1.39. The van der Waals surface area contributed by atoms with Crippen LogP contribution in [-0.4, -0.2) is 27.4 Å². The van der Waals surface area contributed by atoms with Gasteiger partial charge in [-0.3, -0.25) is 10.1 Å². The van der Waals surface area contributed by atoms with E-state index in [0.29, 0.717) is 6.07 Å². The van der Waals surface area contributed by atoms with Crippen molar-refractivity contribution in [2.45, 2.75) is 18.3 Å². The molecule has 6 nitrogen and oxygen atoms in total. The molecule has 1 aromatic rings. The number of aliphatic hydroxyl groups is 1. The second kappa shape index (κ2) is 5.31. The van der Waals surface area contributed by atoms with Gasteiger partial charge >= 0.3 is 6.18 Å². The number of hydrogen-bond acceptors (Lipinski definition) is 5. The smallest absolute Gasteiger partial charge is 0.416 e. The Labute approximate surface area is 112 Å². The topological polar surface area (TPSA) is 110 Å². The molecule has 0 aliphatic heterocycles. The van der Waals surface area contributed by atoms with Crippen LogP contribution in [-0.2, 0) is 0 Å². The van der Waals surface area contributed by atoms with Crippen molar-refractivity contribution in [1.82, 2.24) is 0 Å². The minimum atomic E-state index is -5.01. The fourth-order valence-electron chi connectivity index (χ4n) is 1.34. The number of aromatic hydroxyl groups is 1. The number of nitro benzene ring substituents is 1. The van der Waals surface area contributed by atoms with Crippen molar-refractivity contribution in [3.8, 4) is 5.75 Å². The second-order valence-corrected chi connectivity index (χ2v) is 4.49. The quantitative estimate of drug-likeness (QED) is 0.573. The van der Waals surface area contributed by atoms with Gasteiger partial charge < -0.3 is 15.9 Å². The summed E-state index contributed by atoms with van der Waals surface area (Å²) < 4.78 is 36.8. The molecule has 0 spiro atoms. The van der Waals surface area contributed by atoms with Crippen LogP contribution in [0.4, 0.5) is 18.9 Å². The Bertz CT molecular complexity index is 509. The van der Waals surface area contributed by atoms with E-state index in [2.05, 4.69) is 15.9 Å². The highest BCUT2D eigenvalue weighted by molar-refractivity contribution is 9.10. The Morgan fingerprint density at radius 1 is 1.42 bits per heavy atom. The summed E-state index contributed by atoms with van der Waals surface area (Å²) in [6.45, 7) is 0. The maximum atomic E-state index is 12.3. The van der Waals surface area contributed by atoms with Crippen LogP contribution in [0.3, 0.4) is 0 Å². The molecule has 2 atom stereocenters. The second-order valence-electron chi connectivity index (χ2n) is 3.63. The lowest BCUT2D eigenvalue weighted by atomic mass is 10.0. The summed E-state index contributed by atoms with van der Waals surface area (Å²) in [5.74, 6) is -0.693. The number of rotatable bonds is 3. The lowest BCUT2D eigenvalue weighted by Crippen LogP contribution is -2.38. The zero-order chi connectivity index (χ0) is 15.0. The number of nitrogens with two attached hydrogens (primary N) is 1. The average molecular weight is 345 g/mol. The van der Waals surface area contributed by atoms with E-state index >= 15 is 0 Å². The largest absolute Gasteiger partial charge is 0.506 e. The summed E-state index contributed by atoms with van der Waals surface area (Å²) >= 11 is 2.76. The number of alkyl halides is 3. The molecular formula is C9H8BrF3N2O4. The molecule has 1 rings (SSSR count). The summed E-state index contributed by atoms with van der Waals surface area (Å²) in [4.78, 5) is 9.72. The highest BCUT2D eigenvalue weighted by atomic mass is 79.9. The summed E-state index contributed by atoms with van der Waals surface area (Å²) in [7, 11) is 0. The molecule has 0 aromatic heterocycles. The van der Waals surface area contributed by atoms with E-state index in [9.17, 15) is 28.4 Å². The van der Waals surface area contributed by atoms with Crippen molar-refractivity contribution in [1.29, 1.82) is 0 Å². The van der Waals surface area contributed by atoms with Crippen molar-refractivity contribution in [3.63, 3.8) is 0 Å². The summed E-state index contributed by atoms with van der Waals surface area (Å²) in [6, 6.07) is -0.457. The molecule has 0 radical (unpaired) electrons. The third-order valence-electron chi connectivity index (χ3n) is 2.32. The standard InChI is InChI=1S/C9H8BrF3N2O4/c10-5-2-3(15(18)19)1-4(7(5)16)6(14)8(17)9(11,12)13/h1-2,6,8,16-17H,14H2/t6-,8-/m0/s1. The molecule has 0 amide bonds. The minimum absolute atomic E-state index is 0.193. The predicted octanol–water partition coefficient (Wildman–Crippen LogP) is 1.99. The summed E-state index contributed by atoms with van der Waals surface area (Å²) in [5.41, 5.74) is 4.05. The van der Waals surface area contributed by atoms with Gasteiger partial charge in [0.15, 0.2) is 6.10 Å². The highest BCUT2D eigenvalue weighted by Crippen LogP contribution is 2.38. The monoisotopic (exact) mass is 344 g/mol. The third kappa shape index (κ3) is 3.33. The van der Waals surface area contributed by atoms with Crippen LogP contribution < -0.4 is 5.73 Å². The molecule has 0 aliphatic carbocycles. The van der Waals surface area contributed by atoms with Gasteiger partial charge in [-0.25, -0.2) is 0 Å². The van der Waals surface area contributed by atoms with Crippen LogP contribution in [0, 0.1) is 10.1 Å². The van der Waals surface area contributed by atoms with Gasteiger partial charge in [-0.15, -0.1) is 0 Å². The predicted molar refractivity (Wildman–Crippen MR) is 61.5 cm³/mol. The molecule has 0 fully saturated rings. The van der Waals surface area contributed by atoms with E-state index < -0.39 is 40.2 Å². The van der Waals surface area contributed by atoms with Crippen LogP contribution in [0.25, 0.3) is 0 Å². The normalized spacial score (nSPS) is 15.1. The van der Waals surface area contributed by atoms with E-state index in [1.165, 1.54) is 0 Å². The van der Waals surface area contributed by atoms with E-state index in [1.807, 2.05) is 0 Å². The van der Waals surface area contributed by atoms with Gasteiger partial charge in [-0.2, -0.15) is 13.2 Å². The van der Waals surface area contributed by atoms with E-state index in [1.54, 1.807) is 0 Å². The molecular weight excluding hydrogens is 337 g/mol. The van der Waals surface area contributed by atoms with Gasteiger partial charge in [0.2, 0.25) is 0 Å². The van der Waals surface area contributed by atoms with Gasteiger partial charge in [0.25, 0.3) is 5.69 Å². The maximum Gasteiger partial charge on any atom is 0.416 e. The number of phenolic OH excluding ortho intramolecular Hbond substituents is 1. The number of phenols is 1. The lowest BCUT2D eigenvalue weighted by Gasteiger charge is -2.22. The summed E-state index contributed by atoms with van der Waals surface area (Å²) in [5, 5.41) is 29.2. The number of halogens is 4. The van der Waals surface area contributed by atoms with Crippen LogP contribution in [0.5, 0.6) is 5.75 Å². The minimum Gasteiger partial charge on any atom is -0.506 e. The van der Waals surface area contributed by atoms with Crippen LogP contribution >= 0.6 is 15.9 Å². The van der Waals surface area contributed by atoms with Crippen molar-refractivity contribution >= 4 is 21.6 Å². The molecule has 0 saturated carbocycles. The molecule has 106 valence electrons. The Kier molecular flexibility index (Phi) is 4.38. The SMILES string of the molecule is N[C@@H](c1cc([N+](=O)[O-])cc(Br)c1O)[C@H](O)C(F)(F)F. The average Bonchev–Trinajstić information content (AvgIpc) is 2.29. The van der Waals surface area contributed by atoms with Crippen LogP contribution in [0.1, 0.15) is 11.6 Å². The van der Waals surface area contributed by atoms with Crippen molar-refractivity contribution < 1.29 is 28.3 Å². The Morgan fingerprint density at radius 3 is 2.37 bits per heavy atom. The first-order valence-electron chi connectivity index (χ1n) is 4.73. The highest BCUT2D eigenvalue weighted by Gasteiger charge is 2.43. The van der Waals surface area contributed by atoms with Gasteiger partial charge in [0.05, 0.1) is 15.4 Å². The Morgan fingerprint density at radius 2 is 1.95 bits per heavy atom. The fraction of sp³-hybridized carbons (Fsp3) is 0.333. The molecule has 0 heterocycles. The number of benzene rings is 1. The molecule has 0 aliphatic rings. The van der Waals surface area contributed by atoms with Gasteiger partial charge in [-0.05, 0) is 15.9 Å². The molecule has 0 saturated heterocycles. The van der Waals surface area contributed by atoms with E-state index in [4.69, 9.17) is 10.8 Å². The molecule has 10 heteroatoms. The summed E-state index contributed by atoms with van der Waals surface area (Å²) in [6.07, 6.45) is -7.96. The number of nitrogens with zero attached hydrogens (tertiary/aromatic N) is 1. The number of aliphatic hydroxyl groups excluding tert-OH is 1. The first-order chi connectivity index (χ1) is 8.55. The molecule has 19 heavy (non-hydrogen) atoms. The van der Waals surface area contributed by atoms with Crippen molar-refractivity contribution in [3.05, 3.63) is 32.3 Å². The fourth-order valence-corrected chi connectivity index (χ4v) is 1.80. The van der Waals surface area contributed by atoms with Gasteiger partial charge in [-0.1, -0.05) is 0 Å².